The van der Waals surface area contributed by atoms with Gasteiger partial charge in [-0.25, -0.2) is 0 Å². The second-order valence-corrected chi connectivity index (χ2v) is 13.7. The zero-order chi connectivity index (χ0) is 32.1. The van der Waals surface area contributed by atoms with Crippen molar-refractivity contribution in [2.75, 3.05) is 5.73 Å². The number of nitrogens with two attached hydrogens (primary N) is 1. The molecule has 4 aromatic carbocycles. The maximum atomic E-state index is 13.5. The van der Waals surface area contributed by atoms with Gasteiger partial charge in [-0.2, -0.15) is 0 Å². The second kappa shape index (κ2) is 11.2. The number of aromatic hydroxyl groups is 2. The Labute approximate surface area is 259 Å². The lowest BCUT2D eigenvalue weighted by atomic mass is 9.79. The number of rotatable bonds is 6. The summed E-state index contributed by atoms with van der Waals surface area (Å²) in [5, 5.41) is 21.5. The first-order valence-corrected chi connectivity index (χ1v) is 15.1. The van der Waals surface area contributed by atoms with Crippen molar-refractivity contribution in [1.29, 1.82) is 0 Å². The van der Waals surface area contributed by atoms with Crippen molar-refractivity contribution in [3.63, 3.8) is 0 Å². The van der Waals surface area contributed by atoms with E-state index in [1.54, 1.807) is 30.3 Å². The van der Waals surface area contributed by atoms with E-state index in [0.29, 0.717) is 11.5 Å². The minimum absolute atomic E-state index is 0.0113. The summed E-state index contributed by atoms with van der Waals surface area (Å²) < 4.78 is 6.38. The van der Waals surface area contributed by atoms with Crippen LogP contribution in [0.1, 0.15) is 121 Å². The SMILES string of the molecule is CCCC(c1ccc(O)c(C(C)(C)C)c1)c1ccc(Oc2cc(O)c3c(c2N)C(=O)c2ccccc2C3=O)c(C(C)(C)C)c1. The number of ketones is 2. The van der Waals surface area contributed by atoms with Gasteiger partial charge in [0.25, 0.3) is 0 Å². The number of benzene rings is 4. The van der Waals surface area contributed by atoms with Crippen LogP contribution < -0.4 is 10.5 Å². The second-order valence-electron chi connectivity index (χ2n) is 13.7. The summed E-state index contributed by atoms with van der Waals surface area (Å²) in [4.78, 5) is 26.7. The van der Waals surface area contributed by atoms with E-state index in [4.69, 9.17) is 10.5 Å². The largest absolute Gasteiger partial charge is 0.508 e. The third-order valence-corrected chi connectivity index (χ3v) is 8.42. The third kappa shape index (κ3) is 5.45. The Kier molecular flexibility index (Phi) is 7.83. The average Bonchev–Trinajstić information content (AvgIpc) is 2.96. The van der Waals surface area contributed by atoms with Gasteiger partial charge in [0.05, 0.1) is 16.8 Å². The van der Waals surface area contributed by atoms with E-state index in [9.17, 15) is 19.8 Å². The number of carbonyl (C=O) groups is 2. The van der Waals surface area contributed by atoms with Gasteiger partial charge < -0.3 is 20.7 Å². The molecule has 1 aliphatic carbocycles. The van der Waals surface area contributed by atoms with Gasteiger partial charge in [-0.1, -0.05) is 103 Å². The fraction of sp³-hybridized carbons (Fsp3) is 0.316. The molecule has 1 unspecified atom stereocenters. The molecule has 44 heavy (non-hydrogen) atoms. The normalized spacial score (nSPS) is 13.8. The highest BCUT2D eigenvalue weighted by molar-refractivity contribution is 6.31. The summed E-state index contributed by atoms with van der Waals surface area (Å²) in [6, 6.07) is 19.8. The molecule has 1 atom stereocenters. The number of phenols is 2. The van der Waals surface area contributed by atoms with E-state index in [-0.39, 0.29) is 56.2 Å². The zero-order valence-corrected chi connectivity index (χ0v) is 26.5. The Balaban J connectivity index is 1.59. The molecule has 6 heteroatoms. The first-order chi connectivity index (χ1) is 20.6. The fourth-order valence-corrected chi connectivity index (χ4v) is 6.10. The highest BCUT2D eigenvalue weighted by Crippen LogP contribution is 2.45. The molecule has 4 aromatic rings. The molecular weight excluding hydrogens is 550 g/mol. The molecule has 1 aliphatic rings. The van der Waals surface area contributed by atoms with Crippen molar-refractivity contribution in [2.45, 2.75) is 78.1 Å². The Morgan fingerprint density at radius 2 is 1.25 bits per heavy atom. The van der Waals surface area contributed by atoms with Crippen LogP contribution >= 0.6 is 0 Å². The molecule has 4 N–H and O–H groups in total. The number of hydrogen-bond donors (Lipinski definition) is 3. The molecule has 0 bridgehead atoms. The molecule has 0 radical (unpaired) electrons. The number of fused-ring (bicyclic) bond motifs is 2. The number of phenolic OH excluding ortho intramolecular Hbond substituents is 2. The van der Waals surface area contributed by atoms with Crippen molar-refractivity contribution >= 4 is 17.3 Å². The standard InChI is InChI=1S/C38H41NO5/c1-8-11-23(21-14-16-28(40)26(18-21)37(2,3)4)22-15-17-30(27(19-22)38(5,6)7)44-31-20-29(41)32-33(34(31)39)36(43)25-13-10-9-12-24(25)35(32)42/h9-10,12-20,23,40-41H,8,11,39H2,1-7H3. The van der Waals surface area contributed by atoms with E-state index < -0.39 is 11.6 Å². The summed E-state index contributed by atoms with van der Waals surface area (Å²) in [5.41, 5.74) is 10.4. The molecule has 0 aliphatic heterocycles. The Hall–Kier alpha value is -4.58. The van der Waals surface area contributed by atoms with E-state index in [2.05, 4.69) is 60.6 Å². The summed E-state index contributed by atoms with van der Waals surface area (Å²) in [6.45, 7) is 14.7. The molecule has 0 heterocycles. The minimum Gasteiger partial charge on any atom is -0.508 e. The molecule has 228 valence electrons. The van der Waals surface area contributed by atoms with Crippen LogP contribution in [0.3, 0.4) is 0 Å². The van der Waals surface area contributed by atoms with E-state index in [1.165, 1.54) is 6.07 Å². The number of carbonyl (C=O) groups excluding carboxylic acids is 2. The first-order valence-electron chi connectivity index (χ1n) is 15.1. The summed E-state index contributed by atoms with van der Waals surface area (Å²) in [6.07, 6.45) is 1.89. The quantitative estimate of drug-likeness (QED) is 0.134. The number of anilines is 1. The molecular formula is C38H41NO5. The van der Waals surface area contributed by atoms with Gasteiger partial charge >= 0.3 is 0 Å². The van der Waals surface area contributed by atoms with Crippen LogP contribution in [0.2, 0.25) is 0 Å². The summed E-state index contributed by atoms with van der Waals surface area (Å²) in [5.74, 6) is -0.182. The van der Waals surface area contributed by atoms with E-state index in [1.807, 2.05) is 18.2 Å². The molecule has 0 amide bonds. The van der Waals surface area contributed by atoms with E-state index in [0.717, 1.165) is 35.1 Å². The Morgan fingerprint density at radius 1 is 0.705 bits per heavy atom. The topological polar surface area (TPSA) is 110 Å². The van der Waals surface area contributed by atoms with Crippen LogP contribution in [0.25, 0.3) is 0 Å². The van der Waals surface area contributed by atoms with Crippen LogP contribution in [-0.2, 0) is 10.8 Å². The van der Waals surface area contributed by atoms with Crippen LogP contribution in [-0.4, -0.2) is 21.8 Å². The average molecular weight is 592 g/mol. The summed E-state index contributed by atoms with van der Waals surface area (Å²) >= 11 is 0. The van der Waals surface area contributed by atoms with Gasteiger partial charge in [0.2, 0.25) is 0 Å². The highest BCUT2D eigenvalue weighted by atomic mass is 16.5. The lowest BCUT2D eigenvalue weighted by Gasteiger charge is -2.28. The summed E-state index contributed by atoms with van der Waals surface area (Å²) in [7, 11) is 0. The maximum Gasteiger partial charge on any atom is 0.198 e. The fourth-order valence-electron chi connectivity index (χ4n) is 6.10. The maximum absolute atomic E-state index is 13.5. The van der Waals surface area contributed by atoms with Crippen LogP contribution in [0.4, 0.5) is 5.69 Å². The van der Waals surface area contributed by atoms with Crippen molar-refractivity contribution in [3.05, 3.63) is 111 Å². The van der Waals surface area contributed by atoms with Crippen molar-refractivity contribution in [2.24, 2.45) is 0 Å². The van der Waals surface area contributed by atoms with Gasteiger partial charge in [-0.05, 0) is 46.1 Å². The van der Waals surface area contributed by atoms with E-state index >= 15 is 0 Å². The smallest absolute Gasteiger partial charge is 0.198 e. The van der Waals surface area contributed by atoms with Crippen LogP contribution in [0, 0.1) is 0 Å². The molecule has 0 saturated carbocycles. The highest BCUT2D eigenvalue weighted by Gasteiger charge is 2.35. The van der Waals surface area contributed by atoms with Crippen LogP contribution in [0.15, 0.2) is 66.7 Å². The minimum atomic E-state index is -0.448. The Morgan fingerprint density at radius 3 is 1.82 bits per heavy atom. The van der Waals surface area contributed by atoms with Gasteiger partial charge in [-0.3, -0.25) is 9.59 Å². The van der Waals surface area contributed by atoms with Crippen molar-refractivity contribution in [3.8, 4) is 23.0 Å². The molecule has 6 nitrogen and oxygen atoms in total. The molecule has 0 saturated heterocycles. The molecule has 5 rings (SSSR count). The predicted molar refractivity (Wildman–Crippen MR) is 175 cm³/mol. The predicted octanol–water partition coefficient (Wildman–Crippen LogP) is 8.77. The molecule has 0 fully saturated rings. The van der Waals surface area contributed by atoms with Crippen molar-refractivity contribution in [1.82, 2.24) is 0 Å². The molecule has 0 spiro atoms. The zero-order valence-electron chi connectivity index (χ0n) is 26.5. The number of nitrogen functional groups attached to an aromatic ring is 1. The van der Waals surface area contributed by atoms with Gasteiger partial charge in [0.15, 0.2) is 17.3 Å². The first kappa shape index (κ1) is 30.9. The Bertz CT molecular complexity index is 1790. The lowest BCUT2D eigenvalue weighted by molar-refractivity contribution is 0.0977. The number of hydrogen-bond acceptors (Lipinski definition) is 6. The van der Waals surface area contributed by atoms with Gasteiger partial charge in [0.1, 0.15) is 17.2 Å². The van der Waals surface area contributed by atoms with Gasteiger partial charge in [0, 0.05) is 28.7 Å². The number of ether oxygens (including phenoxy) is 1. The van der Waals surface area contributed by atoms with Crippen molar-refractivity contribution < 1.29 is 24.5 Å². The lowest BCUT2D eigenvalue weighted by Crippen LogP contribution is -2.23. The molecule has 0 aromatic heterocycles. The monoisotopic (exact) mass is 591 g/mol. The van der Waals surface area contributed by atoms with Gasteiger partial charge in [-0.15, -0.1) is 0 Å². The third-order valence-electron chi connectivity index (χ3n) is 8.42. The van der Waals surface area contributed by atoms with Crippen LogP contribution in [0.5, 0.6) is 23.0 Å².